The Balaban J connectivity index is 2.09. The van der Waals surface area contributed by atoms with Crippen LogP contribution in [0, 0.1) is 0 Å². The molecule has 0 atom stereocenters. The average Bonchev–Trinajstić information content (AvgIpc) is 2.38. The molecule has 1 heterocycles. The fourth-order valence-electron chi connectivity index (χ4n) is 2.50. The predicted octanol–water partition coefficient (Wildman–Crippen LogP) is 4.14. The van der Waals surface area contributed by atoms with Gasteiger partial charge in [0, 0.05) is 18.6 Å². The molecule has 1 nitrogen and oxygen atoms in total. The van der Waals surface area contributed by atoms with Crippen LogP contribution in [0.4, 0.5) is 0 Å². The fraction of sp³-hybridized carbons (Fsp3) is 0.529. The average molecular weight is 243 g/mol. The summed E-state index contributed by atoms with van der Waals surface area (Å²) in [6.07, 6.45) is 4.69. The van der Waals surface area contributed by atoms with E-state index in [1.807, 2.05) is 0 Å². The van der Waals surface area contributed by atoms with Crippen molar-refractivity contribution in [3.63, 3.8) is 0 Å². The molecule has 2 rings (SSSR count). The van der Waals surface area contributed by atoms with E-state index in [9.17, 15) is 0 Å². The fourth-order valence-corrected chi connectivity index (χ4v) is 2.50. The van der Waals surface area contributed by atoms with Gasteiger partial charge in [0.1, 0.15) is 0 Å². The van der Waals surface area contributed by atoms with Gasteiger partial charge in [-0.3, -0.25) is 4.90 Å². The van der Waals surface area contributed by atoms with Crippen molar-refractivity contribution in [1.82, 2.24) is 4.90 Å². The van der Waals surface area contributed by atoms with E-state index in [2.05, 4.69) is 62.9 Å². The lowest BCUT2D eigenvalue weighted by Crippen LogP contribution is -2.43. The Hall–Kier alpha value is -1.08. The highest BCUT2D eigenvalue weighted by atomic mass is 15.2. The van der Waals surface area contributed by atoms with Gasteiger partial charge in [-0.25, -0.2) is 0 Å². The molecule has 0 fully saturated rings. The van der Waals surface area contributed by atoms with Crippen LogP contribution >= 0.6 is 0 Å². The summed E-state index contributed by atoms with van der Waals surface area (Å²) in [5.74, 6) is 0. The lowest BCUT2D eigenvalue weighted by atomic mass is 9.95. The Kier molecular flexibility index (Phi) is 3.91. The van der Waals surface area contributed by atoms with E-state index in [1.165, 1.54) is 29.7 Å². The van der Waals surface area contributed by atoms with Crippen molar-refractivity contribution >= 4 is 5.57 Å². The van der Waals surface area contributed by atoms with Crippen LogP contribution in [0.1, 0.15) is 45.2 Å². The van der Waals surface area contributed by atoms with Crippen LogP contribution in [0.25, 0.3) is 5.57 Å². The molecule has 0 unspecified atom stereocenters. The number of nitrogens with zero attached hydrogens (tertiary/aromatic N) is 1. The third-order valence-corrected chi connectivity index (χ3v) is 3.89. The van der Waals surface area contributed by atoms with Crippen molar-refractivity contribution in [1.29, 1.82) is 0 Å². The maximum absolute atomic E-state index is 2.54. The van der Waals surface area contributed by atoms with Gasteiger partial charge >= 0.3 is 0 Å². The Morgan fingerprint density at radius 3 is 2.22 bits per heavy atom. The molecule has 1 aliphatic heterocycles. The summed E-state index contributed by atoms with van der Waals surface area (Å²) < 4.78 is 0. The summed E-state index contributed by atoms with van der Waals surface area (Å²) >= 11 is 0. The van der Waals surface area contributed by atoms with Gasteiger partial charge in [0.15, 0.2) is 0 Å². The smallest absolute Gasteiger partial charge is 0.0174 e. The highest BCUT2D eigenvalue weighted by Crippen LogP contribution is 2.26. The molecule has 0 spiro atoms. The summed E-state index contributed by atoms with van der Waals surface area (Å²) in [5.41, 5.74) is 4.62. The van der Waals surface area contributed by atoms with Gasteiger partial charge in [-0.1, -0.05) is 37.3 Å². The van der Waals surface area contributed by atoms with E-state index in [4.69, 9.17) is 0 Å². The molecule has 1 aliphatic rings. The minimum atomic E-state index is 0.286. The normalized spacial score (nSPS) is 17.7. The van der Waals surface area contributed by atoms with Crippen LogP contribution in [0.2, 0.25) is 0 Å². The van der Waals surface area contributed by atoms with E-state index in [1.54, 1.807) is 0 Å². The molecule has 0 saturated heterocycles. The number of hydrogen-bond acceptors (Lipinski definition) is 1. The first-order valence-corrected chi connectivity index (χ1v) is 7.04. The van der Waals surface area contributed by atoms with Crippen LogP contribution in [0.15, 0.2) is 30.3 Å². The van der Waals surface area contributed by atoms with Crippen molar-refractivity contribution in [3.05, 3.63) is 41.5 Å². The molecule has 1 aromatic carbocycles. The zero-order chi connectivity index (χ0) is 13.2. The Morgan fingerprint density at radius 1 is 1.11 bits per heavy atom. The number of aryl methyl sites for hydroxylation is 1. The predicted molar refractivity (Wildman–Crippen MR) is 79.7 cm³/mol. The van der Waals surface area contributed by atoms with Gasteiger partial charge < -0.3 is 0 Å². The van der Waals surface area contributed by atoms with Gasteiger partial charge in [0.05, 0.1) is 0 Å². The summed E-state index contributed by atoms with van der Waals surface area (Å²) in [6, 6.07) is 9.06. The van der Waals surface area contributed by atoms with Crippen molar-refractivity contribution in [2.24, 2.45) is 0 Å². The Bertz CT molecular complexity index is 420. The largest absolute Gasteiger partial charge is 0.294 e. The summed E-state index contributed by atoms with van der Waals surface area (Å²) in [6.45, 7) is 11.3. The first-order valence-electron chi connectivity index (χ1n) is 7.04. The second-order valence-corrected chi connectivity index (χ2v) is 6.15. The third-order valence-electron chi connectivity index (χ3n) is 3.89. The second kappa shape index (κ2) is 5.27. The molecule has 0 aliphatic carbocycles. The highest BCUT2D eigenvalue weighted by molar-refractivity contribution is 5.66. The van der Waals surface area contributed by atoms with Crippen LogP contribution in [-0.2, 0) is 6.42 Å². The van der Waals surface area contributed by atoms with E-state index in [-0.39, 0.29) is 5.54 Å². The van der Waals surface area contributed by atoms with E-state index < -0.39 is 0 Å². The molecule has 0 N–H and O–H groups in total. The van der Waals surface area contributed by atoms with Crippen molar-refractivity contribution in [2.75, 3.05) is 13.1 Å². The number of hydrogen-bond donors (Lipinski definition) is 0. The SMILES string of the molecule is CCc1ccc(C2=CCN(C(C)(C)C)CC2)cc1. The standard InChI is InChI=1S/C17H25N/c1-5-14-6-8-15(9-7-14)16-10-12-18(13-11-16)17(2,3)4/h6-10H,5,11-13H2,1-4H3. The van der Waals surface area contributed by atoms with Gasteiger partial charge in [0.25, 0.3) is 0 Å². The maximum Gasteiger partial charge on any atom is 0.0174 e. The van der Waals surface area contributed by atoms with Crippen molar-refractivity contribution in [2.45, 2.75) is 46.1 Å². The van der Waals surface area contributed by atoms with Crippen LogP contribution in [-0.4, -0.2) is 23.5 Å². The Labute approximate surface area is 112 Å². The minimum absolute atomic E-state index is 0.286. The van der Waals surface area contributed by atoms with E-state index >= 15 is 0 Å². The molecule has 0 radical (unpaired) electrons. The van der Waals surface area contributed by atoms with E-state index in [0.717, 1.165) is 13.0 Å². The van der Waals surface area contributed by atoms with Crippen molar-refractivity contribution < 1.29 is 0 Å². The maximum atomic E-state index is 2.54. The molecule has 0 bridgehead atoms. The summed E-state index contributed by atoms with van der Waals surface area (Å²) in [5, 5.41) is 0. The lowest BCUT2D eigenvalue weighted by molar-refractivity contribution is 0.153. The molecule has 18 heavy (non-hydrogen) atoms. The molecule has 0 amide bonds. The molecular weight excluding hydrogens is 218 g/mol. The third kappa shape index (κ3) is 3.02. The summed E-state index contributed by atoms with van der Waals surface area (Å²) in [4.78, 5) is 2.54. The lowest BCUT2D eigenvalue weighted by Gasteiger charge is -2.37. The first-order chi connectivity index (χ1) is 8.50. The topological polar surface area (TPSA) is 3.24 Å². The zero-order valence-corrected chi connectivity index (χ0v) is 12.2. The molecule has 0 aromatic heterocycles. The summed E-state index contributed by atoms with van der Waals surface area (Å²) in [7, 11) is 0. The van der Waals surface area contributed by atoms with Gasteiger partial charge in [-0.15, -0.1) is 0 Å². The minimum Gasteiger partial charge on any atom is -0.294 e. The quantitative estimate of drug-likeness (QED) is 0.754. The monoisotopic (exact) mass is 243 g/mol. The van der Waals surface area contributed by atoms with E-state index in [0.29, 0.717) is 0 Å². The molecular formula is C17H25N. The van der Waals surface area contributed by atoms with Crippen LogP contribution < -0.4 is 0 Å². The van der Waals surface area contributed by atoms with Gasteiger partial charge in [-0.05, 0) is 50.3 Å². The zero-order valence-electron chi connectivity index (χ0n) is 12.2. The number of benzene rings is 1. The molecule has 1 aromatic rings. The Morgan fingerprint density at radius 2 is 1.78 bits per heavy atom. The molecule has 1 heteroatoms. The van der Waals surface area contributed by atoms with Crippen LogP contribution in [0.5, 0.6) is 0 Å². The first kappa shape index (κ1) is 13.4. The van der Waals surface area contributed by atoms with Gasteiger partial charge in [0.2, 0.25) is 0 Å². The van der Waals surface area contributed by atoms with Gasteiger partial charge in [-0.2, -0.15) is 0 Å². The molecule has 98 valence electrons. The molecule has 0 saturated carbocycles. The van der Waals surface area contributed by atoms with Crippen LogP contribution in [0.3, 0.4) is 0 Å². The van der Waals surface area contributed by atoms with Crippen molar-refractivity contribution in [3.8, 4) is 0 Å². The second-order valence-electron chi connectivity index (χ2n) is 6.15. The number of rotatable bonds is 2. The highest BCUT2D eigenvalue weighted by Gasteiger charge is 2.23.